The summed E-state index contributed by atoms with van der Waals surface area (Å²) in [5.74, 6) is 3.69. The van der Waals surface area contributed by atoms with E-state index in [1.54, 1.807) is 6.92 Å². The van der Waals surface area contributed by atoms with Crippen molar-refractivity contribution < 1.29 is 12.8 Å². The van der Waals surface area contributed by atoms with Gasteiger partial charge in [-0.1, -0.05) is 13.8 Å². The van der Waals surface area contributed by atoms with Crippen molar-refractivity contribution in [2.45, 2.75) is 32.7 Å². The van der Waals surface area contributed by atoms with E-state index in [9.17, 15) is 8.42 Å². The van der Waals surface area contributed by atoms with Crippen molar-refractivity contribution in [1.82, 2.24) is 5.32 Å². The normalized spacial score (nSPS) is 23.2. The van der Waals surface area contributed by atoms with E-state index in [1.807, 2.05) is 12.1 Å². The van der Waals surface area contributed by atoms with Crippen molar-refractivity contribution in [2.75, 3.05) is 18.1 Å². The summed E-state index contributed by atoms with van der Waals surface area (Å²) in [5, 5.41) is 3.10. The predicted octanol–water partition coefficient (Wildman–Crippen LogP) is 1.93. The zero-order chi connectivity index (χ0) is 13.2. The molecule has 1 aliphatic carbocycles. The maximum Gasteiger partial charge on any atom is 0.151 e. The highest BCUT2D eigenvalue weighted by Gasteiger charge is 2.36. The van der Waals surface area contributed by atoms with Crippen LogP contribution in [0.1, 0.15) is 37.7 Å². The molecule has 0 bridgehead atoms. The van der Waals surface area contributed by atoms with Crippen LogP contribution in [0.15, 0.2) is 16.5 Å². The highest BCUT2D eigenvalue weighted by atomic mass is 32.2. The monoisotopic (exact) mass is 271 g/mol. The molecule has 4 nitrogen and oxygen atoms in total. The maximum absolute atomic E-state index is 11.3. The van der Waals surface area contributed by atoms with E-state index in [2.05, 4.69) is 12.2 Å². The molecule has 1 heterocycles. The lowest BCUT2D eigenvalue weighted by Crippen LogP contribution is -2.23. The lowest BCUT2D eigenvalue weighted by Gasteiger charge is -2.02. The molecule has 0 radical (unpaired) electrons. The fourth-order valence-corrected chi connectivity index (χ4v) is 2.73. The fourth-order valence-electron chi connectivity index (χ4n) is 1.99. The summed E-state index contributed by atoms with van der Waals surface area (Å²) in [4.78, 5) is 0. The summed E-state index contributed by atoms with van der Waals surface area (Å²) in [6, 6.07) is 4.01. The van der Waals surface area contributed by atoms with Crippen molar-refractivity contribution in [1.29, 1.82) is 0 Å². The first kappa shape index (κ1) is 13.6. The highest BCUT2D eigenvalue weighted by molar-refractivity contribution is 7.91. The van der Waals surface area contributed by atoms with Crippen molar-refractivity contribution in [3.63, 3.8) is 0 Å². The van der Waals surface area contributed by atoms with Gasteiger partial charge in [0, 0.05) is 18.2 Å². The van der Waals surface area contributed by atoms with Gasteiger partial charge in [0.05, 0.1) is 12.3 Å². The van der Waals surface area contributed by atoms with Crippen LogP contribution in [0.5, 0.6) is 0 Å². The largest absolute Gasteiger partial charge is 0.464 e. The topological polar surface area (TPSA) is 59.3 Å². The molecule has 0 aromatic carbocycles. The van der Waals surface area contributed by atoms with E-state index in [0.717, 1.165) is 17.4 Å². The second kappa shape index (κ2) is 5.45. The van der Waals surface area contributed by atoms with E-state index >= 15 is 0 Å². The molecule has 2 rings (SSSR count). The Bertz CT molecular complexity index is 492. The van der Waals surface area contributed by atoms with Crippen LogP contribution in [-0.2, 0) is 16.4 Å². The molecule has 0 amide bonds. The lowest BCUT2D eigenvalue weighted by atomic mass is 10.3. The Morgan fingerprint density at radius 2 is 2.17 bits per heavy atom. The third kappa shape index (κ3) is 3.59. The Labute approximate surface area is 109 Å². The van der Waals surface area contributed by atoms with Crippen LogP contribution in [0.2, 0.25) is 0 Å². The van der Waals surface area contributed by atoms with Crippen LogP contribution in [-0.4, -0.2) is 26.5 Å². The molecule has 5 heteroatoms. The maximum atomic E-state index is 11.3. The standard InChI is InChI=1S/C13H21NO3S/c1-3-18(15,16)7-6-14-9-11-4-5-13(17-11)12-8-10(12)2/h4-5,10,12,14H,3,6-9H2,1-2H3. The van der Waals surface area contributed by atoms with Gasteiger partial charge in [0.15, 0.2) is 9.84 Å². The van der Waals surface area contributed by atoms with Crippen LogP contribution in [0.3, 0.4) is 0 Å². The second-order valence-electron chi connectivity index (χ2n) is 5.04. The van der Waals surface area contributed by atoms with Gasteiger partial charge in [-0.05, 0) is 24.5 Å². The molecular formula is C13H21NO3S. The van der Waals surface area contributed by atoms with Gasteiger partial charge in [0.25, 0.3) is 0 Å². The van der Waals surface area contributed by atoms with Gasteiger partial charge in [0.2, 0.25) is 0 Å². The SMILES string of the molecule is CCS(=O)(=O)CCNCc1ccc(C2CC2C)o1. The minimum absolute atomic E-state index is 0.191. The molecule has 18 heavy (non-hydrogen) atoms. The Morgan fingerprint density at radius 1 is 1.44 bits per heavy atom. The number of rotatable bonds is 7. The zero-order valence-corrected chi connectivity index (χ0v) is 11.8. The fraction of sp³-hybridized carbons (Fsp3) is 0.692. The van der Waals surface area contributed by atoms with Gasteiger partial charge < -0.3 is 9.73 Å². The molecule has 0 spiro atoms. The highest BCUT2D eigenvalue weighted by Crippen LogP contribution is 2.47. The number of sulfone groups is 1. The molecule has 1 aromatic heterocycles. The first-order valence-electron chi connectivity index (χ1n) is 6.51. The molecule has 102 valence electrons. The average Bonchev–Trinajstić information content (AvgIpc) is 2.89. The molecule has 0 aliphatic heterocycles. The smallest absolute Gasteiger partial charge is 0.151 e. The second-order valence-corrected chi connectivity index (χ2v) is 7.51. The van der Waals surface area contributed by atoms with E-state index in [0.29, 0.717) is 19.0 Å². The van der Waals surface area contributed by atoms with Crippen molar-refractivity contribution in [3.8, 4) is 0 Å². The van der Waals surface area contributed by atoms with Gasteiger partial charge in [-0.15, -0.1) is 0 Å². The molecule has 1 N–H and O–H groups in total. The van der Waals surface area contributed by atoms with Gasteiger partial charge in [-0.3, -0.25) is 0 Å². The summed E-state index contributed by atoms with van der Waals surface area (Å²) in [6.07, 6.45) is 1.22. The Hall–Kier alpha value is -0.810. The Kier molecular flexibility index (Phi) is 4.12. The first-order chi connectivity index (χ1) is 8.52. The summed E-state index contributed by atoms with van der Waals surface area (Å²) in [7, 11) is -2.87. The number of hydrogen-bond donors (Lipinski definition) is 1. The molecule has 1 fully saturated rings. The first-order valence-corrected chi connectivity index (χ1v) is 8.33. The third-order valence-electron chi connectivity index (χ3n) is 3.49. The minimum Gasteiger partial charge on any atom is -0.464 e. The third-order valence-corrected chi connectivity index (χ3v) is 5.19. The average molecular weight is 271 g/mol. The molecule has 2 unspecified atom stereocenters. The van der Waals surface area contributed by atoms with Crippen molar-refractivity contribution in [3.05, 3.63) is 23.7 Å². The molecule has 0 saturated heterocycles. The quantitative estimate of drug-likeness (QED) is 0.770. The number of nitrogens with one attached hydrogen (secondary N) is 1. The zero-order valence-electron chi connectivity index (χ0n) is 11.0. The van der Waals surface area contributed by atoms with Crippen LogP contribution in [0, 0.1) is 5.92 Å². The van der Waals surface area contributed by atoms with Gasteiger partial charge in [-0.25, -0.2) is 8.42 Å². The summed E-state index contributed by atoms with van der Waals surface area (Å²) >= 11 is 0. The molecule has 1 saturated carbocycles. The molecular weight excluding hydrogens is 250 g/mol. The van der Waals surface area contributed by atoms with E-state index in [4.69, 9.17) is 4.42 Å². The van der Waals surface area contributed by atoms with E-state index in [-0.39, 0.29) is 11.5 Å². The summed E-state index contributed by atoms with van der Waals surface area (Å²) in [6.45, 7) is 4.97. The van der Waals surface area contributed by atoms with E-state index < -0.39 is 9.84 Å². The van der Waals surface area contributed by atoms with Crippen molar-refractivity contribution in [2.24, 2.45) is 5.92 Å². The molecule has 1 aromatic rings. The lowest BCUT2D eigenvalue weighted by molar-refractivity contribution is 0.447. The van der Waals surface area contributed by atoms with Crippen molar-refractivity contribution >= 4 is 9.84 Å². The van der Waals surface area contributed by atoms with Crippen LogP contribution >= 0.6 is 0 Å². The van der Waals surface area contributed by atoms with Crippen LogP contribution < -0.4 is 5.32 Å². The summed E-state index contributed by atoms with van der Waals surface area (Å²) < 4.78 is 28.3. The van der Waals surface area contributed by atoms with Gasteiger partial charge in [0.1, 0.15) is 11.5 Å². The molecule has 1 aliphatic rings. The minimum atomic E-state index is -2.87. The van der Waals surface area contributed by atoms with Crippen LogP contribution in [0.25, 0.3) is 0 Å². The summed E-state index contributed by atoms with van der Waals surface area (Å²) in [5.41, 5.74) is 0. The van der Waals surface area contributed by atoms with Crippen LogP contribution in [0.4, 0.5) is 0 Å². The number of furan rings is 1. The van der Waals surface area contributed by atoms with E-state index in [1.165, 1.54) is 6.42 Å². The Morgan fingerprint density at radius 3 is 2.78 bits per heavy atom. The number of hydrogen-bond acceptors (Lipinski definition) is 4. The predicted molar refractivity (Wildman–Crippen MR) is 71.3 cm³/mol. The van der Waals surface area contributed by atoms with Gasteiger partial charge in [-0.2, -0.15) is 0 Å². The Balaban J connectivity index is 1.72. The molecule has 2 atom stereocenters. The van der Waals surface area contributed by atoms with Gasteiger partial charge >= 0.3 is 0 Å².